The van der Waals surface area contributed by atoms with Crippen LogP contribution in [0, 0.1) is 11.3 Å². The molecule has 0 unspecified atom stereocenters. The second-order valence-electron chi connectivity index (χ2n) is 5.94. The average molecular weight is 351 g/mol. The van der Waals surface area contributed by atoms with Crippen LogP contribution in [0.1, 0.15) is 38.1 Å². The first-order valence-electron chi connectivity index (χ1n) is 8.30. The zero-order chi connectivity index (χ0) is 19.3. The number of aromatic nitrogens is 2. The highest BCUT2D eigenvalue weighted by atomic mass is 16.3. The minimum Gasteiger partial charge on any atom is -0.508 e. The number of phenolic OH excluding ortho intramolecular Hbond substituents is 1. The lowest BCUT2D eigenvalue weighted by molar-refractivity contribution is 0.318. The predicted molar refractivity (Wildman–Crippen MR) is 101 cm³/mol. The number of hydrogen-bond acceptors (Lipinski definition) is 5. The van der Waals surface area contributed by atoms with Crippen LogP contribution in [-0.4, -0.2) is 26.4 Å². The van der Waals surface area contributed by atoms with Gasteiger partial charge in [-0.1, -0.05) is 13.8 Å². The molecule has 3 aromatic rings. The van der Waals surface area contributed by atoms with Crippen LogP contribution in [0.15, 0.2) is 47.3 Å². The van der Waals surface area contributed by atoms with Gasteiger partial charge in [0.15, 0.2) is 0 Å². The van der Waals surface area contributed by atoms with Crippen LogP contribution in [0.3, 0.4) is 0 Å². The van der Waals surface area contributed by atoms with E-state index in [0.717, 1.165) is 0 Å². The number of aliphatic hydroxyl groups excluding tert-OH is 1. The highest BCUT2D eigenvalue weighted by Crippen LogP contribution is 2.21. The van der Waals surface area contributed by atoms with Crippen LogP contribution >= 0.6 is 0 Å². The number of benzene rings is 2. The molecule has 0 atom stereocenters. The molecule has 0 spiro atoms. The Morgan fingerprint density at radius 1 is 1.19 bits per heavy atom. The Labute approximate surface area is 151 Å². The third kappa shape index (κ3) is 3.90. The van der Waals surface area contributed by atoms with Crippen LogP contribution in [0.5, 0.6) is 5.75 Å². The van der Waals surface area contributed by atoms with E-state index in [2.05, 4.69) is 11.1 Å². The Balaban J connectivity index is 0.000000758. The first-order chi connectivity index (χ1) is 12.4. The molecule has 6 nitrogen and oxygen atoms in total. The van der Waals surface area contributed by atoms with Crippen molar-refractivity contribution < 1.29 is 10.2 Å². The number of phenols is 1. The summed E-state index contributed by atoms with van der Waals surface area (Å²) < 4.78 is 1.56. The van der Waals surface area contributed by atoms with Gasteiger partial charge in [0.25, 0.3) is 5.56 Å². The van der Waals surface area contributed by atoms with Crippen LogP contribution in [-0.2, 0) is 0 Å². The fourth-order valence-electron chi connectivity index (χ4n) is 2.51. The standard InChI is InChI=1S/C18H15N3O2.C2H6O/c1-11(2)17-20-16-9-14(22)7-8-15(16)18(23)21(17)13-5-3-12(10-19)4-6-13;1-2-3/h3-9,11,22H,1-2H3;3H,2H2,1H3. The number of hydrogen-bond donors (Lipinski definition) is 2. The largest absolute Gasteiger partial charge is 0.508 e. The monoisotopic (exact) mass is 351 g/mol. The van der Waals surface area contributed by atoms with E-state index in [1.807, 2.05) is 13.8 Å². The fourth-order valence-corrected chi connectivity index (χ4v) is 2.51. The van der Waals surface area contributed by atoms with Crippen LogP contribution in [0.25, 0.3) is 16.6 Å². The van der Waals surface area contributed by atoms with Crippen LogP contribution in [0.4, 0.5) is 0 Å². The van der Waals surface area contributed by atoms with Gasteiger partial charge in [-0.05, 0) is 43.3 Å². The van der Waals surface area contributed by atoms with Crippen LogP contribution < -0.4 is 5.56 Å². The zero-order valence-electron chi connectivity index (χ0n) is 15.0. The van der Waals surface area contributed by atoms with Crippen molar-refractivity contribution in [1.29, 1.82) is 5.26 Å². The van der Waals surface area contributed by atoms with Crippen molar-refractivity contribution in [2.75, 3.05) is 6.61 Å². The molecule has 2 N–H and O–H groups in total. The normalized spacial score (nSPS) is 10.3. The molecule has 0 saturated heterocycles. The number of nitriles is 1. The summed E-state index contributed by atoms with van der Waals surface area (Å²) in [5.74, 6) is 0.707. The molecule has 0 fully saturated rings. The summed E-state index contributed by atoms with van der Waals surface area (Å²) >= 11 is 0. The lowest BCUT2D eigenvalue weighted by Crippen LogP contribution is -2.24. The van der Waals surface area contributed by atoms with Crippen molar-refractivity contribution in [3.63, 3.8) is 0 Å². The lowest BCUT2D eigenvalue weighted by Gasteiger charge is -2.16. The highest BCUT2D eigenvalue weighted by Gasteiger charge is 2.15. The van der Waals surface area contributed by atoms with Crippen molar-refractivity contribution >= 4 is 10.9 Å². The summed E-state index contributed by atoms with van der Waals surface area (Å²) in [5.41, 5.74) is 1.48. The van der Waals surface area contributed by atoms with Crippen molar-refractivity contribution in [2.24, 2.45) is 0 Å². The predicted octanol–water partition coefficient (Wildman–Crippen LogP) is 3.08. The van der Waals surface area contributed by atoms with Gasteiger partial charge in [-0.15, -0.1) is 0 Å². The molecule has 134 valence electrons. The molecule has 0 aliphatic carbocycles. The molecule has 0 saturated carbocycles. The van der Waals surface area contributed by atoms with Gasteiger partial charge >= 0.3 is 0 Å². The Morgan fingerprint density at radius 2 is 1.81 bits per heavy atom. The molecular weight excluding hydrogens is 330 g/mol. The summed E-state index contributed by atoms with van der Waals surface area (Å²) in [6.45, 7) is 5.84. The summed E-state index contributed by atoms with van der Waals surface area (Å²) in [7, 11) is 0. The maximum Gasteiger partial charge on any atom is 0.265 e. The molecule has 3 rings (SSSR count). The molecule has 2 aromatic carbocycles. The summed E-state index contributed by atoms with van der Waals surface area (Å²) in [5, 5.41) is 26.5. The Hall–Kier alpha value is -3.17. The quantitative estimate of drug-likeness (QED) is 0.739. The average Bonchev–Trinajstić information content (AvgIpc) is 2.62. The molecule has 1 aromatic heterocycles. The van der Waals surface area contributed by atoms with Gasteiger partial charge in [-0.3, -0.25) is 9.36 Å². The minimum absolute atomic E-state index is 0.0186. The fraction of sp³-hybridized carbons (Fsp3) is 0.250. The third-order valence-electron chi connectivity index (χ3n) is 3.65. The maximum absolute atomic E-state index is 12.9. The highest BCUT2D eigenvalue weighted by molar-refractivity contribution is 5.79. The summed E-state index contributed by atoms with van der Waals surface area (Å²) in [4.78, 5) is 17.4. The first kappa shape index (κ1) is 19.2. The van der Waals surface area contributed by atoms with E-state index in [4.69, 9.17) is 10.4 Å². The van der Waals surface area contributed by atoms with Gasteiger partial charge in [0.05, 0.1) is 28.2 Å². The molecule has 0 bridgehead atoms. The van der Waals surface area contributed by atoms with Crippen LogP contribution in [0.2, 0.25) is 0 Å². The number of fused-ring (bicyclic) bond motifs is 1. The Morgan fingerprint density at radius 3 is 2.35 bits per heavy atom. The molecule has 26 heavy (non-hydrogen) atoms. The second kappa shape index (κ2) is 8.28. The smallest absolute Gasteiger partial charge is 0.265 e. The van der Waals surface area contributed by atoms with Gasteiger partial charge in [-0.25, -0.2) is 4.98 Å². The molecule has 0 radical (unpaired) electrons. The van der Waals surface area contributed by atoms with Gasteiger partial charge in [0, 0.05) is 18.6 Å². The van der Waals surface area contributed by atoms with Gasteiger partial charge in [0.1, 0.15) is 11.6 Å². The van der Waals surface area contributed by atoms with E-state index >= 15 is 0 Å². The second-order valence-corrected chi connectivity index (χ2v) is 5.94. The molecule has 6 heteroatoms. The SMILES string of the molecule is CC(C)c1nc2cc(O)ccc2c(=O)n1-c1ccc(C#N)cc1.CCO. The van der Waals surface area contributed by atoms with Crippen molar-refractivity contribution in [3.8, 4) is 17.5 Å². The Kier molecular flexibility index (Phi) is 6.10. The van der Waals surface area contributed by atoms with Crippen molar-refractivity contribution in [2.45, 2.75) is 26.7 Å². The minimum atomic E-state index is -0.191. The molecular formula is C20H21N3O3. The van der Waals surface area contributed by atoms with E-state index in [0.29, 0.717) is 28.0 Å². The number of aliphatic hydroxyl groups is 1. The van der Waals surface area contributed by atoms with Gasteiger partial charge in [0.2, 0.25) is 0 Å². The number of nitrogens with zero attached hydrogens (tertiary/aromatic N) is 3. The maximum atomic E-state index is 12.9. The summed E-state index contributed by atoms with van der Waals surface area (Å²) in [6.07, 6.45) is 0. The van der Waals surface area contributed by atoms with Gasteiger partial charge < -0.3 is 10.2 Å². The molecule has 1 heterocycles. The van der Waals surface area contributed by atoms with Crippen molar-refractivity contribution in [1.82, 2.24) is 9.55 Å². The number of aromatic hydroxyl groups is 1. The van der Waals surface area contributed by atoms with E-state index in [-0.39, 0.29) is 23.8 Å². The van der Waals surface area contributed by atoms with Gasteiger partial charge in [-0.2, -0.15) is 5.26 Å². The van der Waals surface area contributed by atoms with E-state index in [9.17, 15) is 9.90 Å². The summed E-state index contributed by atoms with van der Waals surface area (Å²) in [6, 6.07) is 13.4. The van der Waals surface area contributed by atoms with E-state index < -0.39 is 0 Å². The number of rotatable bonds is 2. The lowest BCUT2D eigenvalue weighted by atomic mass is 10.1. The molecule has 0 amide bonds. The van der Waals surface area contributed by atoms with E-state index in [1.165, 1.54) is 12.1 Å². The molecule has 0 aliphatic heterocycles. The van der Waals surface area contributed by atoms with Crippen molar-refractivity contribution in [3.05, 3.63) is 64.2 Å². The Bertz CT molecular complexity index is 1000. The zero-order valence-corrected chi connectivity index (χ0v) is 15.0. The first-order valence-corrected chi connectivity index (χ1v) is 8.30. The topological polar surface area (TPSA) is 99.1 Å². The van der Waals surface area contributed by atoms with E-state index in [1.54, 1.807) is 41.8 Å². The molecule has 0 aliphatic rings. The third-order valence-corrected chi connectivity index (χ3v) is 3.65.